The maximum atomic E-state index is 14.9. The van der Waals surface area contributed by atoms with Crippen LogP contribution in [0.15, 0.2) is 54.6 Å². The molecule has 38 heavy (non-hydrogen) atoms. The topological polar surface area (TPSA) is 29.5 Å². The summed E-state index contributed by atoms with van der Waals surface area (Å²) < 4.78 is 183. The monoisotopic (exact) mass is 574 g/mol. The average molecular weight is 574 g/mol. The smallest absolute Gasteiger partial charge is 0.460 e. The van der Waals surface area contributed by atoms with Crippen molar-refractivity contribution in [2.75, 3.05) is 6.61 Å². The van der Waals surface area contributed by atoms with Crippen molar-refractivity contribution in [2.24, 2.45) is 0 Å². The van der Waals surface area contributed by atoms with E-state index >= 15 is 0 Å². The van der Waals surface area contributed by atoms with Crippen molar-refractivity contribution in [1.82, 2.24) is 0 Å². The zero-order valence-electron chi connectivity index (χ0n) is 19.1. The Morgan fingerprint density at radius 3 is 1.61 bits per heavy atom. The van der Waals surface area contributed by atoms with Gasteiger partial charge in [0.2, 0.25) is 0 Å². The summed E-state index contributed by atoms with van der Waals surface area (Å²) in [7, 11) is 0. The Kier molecular flexibility index (Phi) is 8.39. The van der Waals surface area contributed by atoms with Gasteiger partial charge in [0.1, 0.15) is 11.4 Å². The summed E-state index contributed by atoms with van der Waals surface area (Å²) in [6, 6.07) is 9.47. The molecule has 2 rings (SSSR count). The lowest BCUT2D eigenvalue weighted by molar-refractivity contribution is -0.441. The van der Waals surface area contributed by atoms with Gasteiger partial charge in [0.25, 0.3) is 0 Å². The molecule has 0 aliphatic carbocycles. The first-order chi connectivity index (χ1) is 17.1. The molecule has 0 radical (unpaired) electrons. The van der Waals surface area contributed by atoms with Gasteiger partial charge in [-0.15, -0.1) is 0 Å². The molecule has 0 aliphatic heterocycles. The van der Waals surface area contributed by atoms with Crippen LogP contribution in [0.25, 0.3) is 0 Å². The lowest BCUT2D eigenvalue weighted by Crippen LogP contribution is -2.70. The number of ether oxygens (including phenoxy) is 1. The molecule has 0 aromatic heterocycles. The van der Waals surface area contributed by atoms with Crippen molar-refractivity contribution < 1.29 is 66.9 Å². The molecule has 1 unspecified atom stereocenters. The zero-order valence-corrected chi connectivity index (χ0v) is 19.1. The Bertz CT molecular complexity index is 1080. The number of aliphatic hydroxyl groups is 1. The van der Waals surface area contributed by atoms with E-state index in [-0.39, 0.29) is 6.61 Å². The summed E-state index contributed by atoms with van der Waals surface area (Å²) in [4.78, 5) is 0. The highest BCUT2D eigenvalue weighted by Crippen LogP contribution is 2.62. The van der Waals surface area contributed by atoms with Crippen LogP contribution in [0.3, 0.4) is 0 Å². The van der Waals surface area contributed by atoms with Crippen LogP contribution < -0.4 is 4.74 Å². The number of halogens is 13. The molecule has 15 heteroatoms. The predicted molar refractivity (Wildman–Crippen MR) is 107 cm³/mol. The normalized spacial score (nSPS) is 15.8. The van der Waals surface area contributed by atoms with Crippen LogP contribution in [0.5, 0.6) is 5.75 Å². The molecular weight excluding hydrogens is 555 g/mol. The van der Waals surface area contributed by atoms with Crippen LogP contribution in [0.1, 0.15) is 30.9 Å². The zero-order chi connectivity index (χ0) is 29.4. The molecule has 0 amide bonds. The second-order valence-electron chi connectivity index (χ2n) is 8.25. The Hall–Kier alpha value is -2.71. The third-order valence-electron chi connectivity index (χ3n) is 5.52. The second kappa shape index (κ2) is 10.1. The van der Waals surface area contributed by atoms with E-state index < -0.39 is 64.7 Å². The lowest BCUT2D eigenvalue weighted by Gasteiger charge is -2.42. The van der Waals surface area contributed by atoms with Crippen LogP contribution in [-0.4, -0.2) is 47.5 Å². The molecule has 214 valence electrons. The summed E-state index contributed by atoms with van der Waals surface area (Å²) in [6.07, 6.45) is -10.1. The van der Waals surface area contributed by atoms with Gasteiger partial charge >= 0.3 is 35.8 Å². The van der Waals surface area contributed by atoms with E-state index in [1.807, 2.05) is 0 Å². The number of hydrogen-bond acceptors (Lipinski definition) is 2. The molecule has 0 bridgehead atoms. The summed E-state index contributed by atoms with van der Waals surface area (Å²) in [5.41, 5.74) is -4.82. The van der Waals surface area contributed by atoms with E-state index in [0.29, 0.717) is 6.42 Å². The predicted octanol–water partition coefficient (Wildman–Crippen LogP) is 7.84. The quantitative estimate of drug-likeness (QED) is 0.277. The van der Waals surface area contributed by atoms with Gasteiger partial charge < -0.3 is 9.84 Å². The van der Waals surface area contributed by atoms with E-state index in [4.69, 9.17) is 4.74 Å². The summed E-state index contributed by atoms with van der Waals surface area (Å²) in [5, 5.41) is 11.2. The van der Waals surface area contributed by atoms with E-state index in [1.165, 1.54) is 12.1 Å². The highest BCUT2D eigenvalue weighted by molar-refractivity contribution is 5.45. The Labute approximate surface area is 207 Å². The molecule has 0 heterocycles. The largest absolute Gasteiger partial charge is 0.493 e. The van der Waals surface area contributed by atoms with E-state index in [2.05, 4.69) is 0 Å². The first kappa shape index (κ1) is 31.5. The maximum Gasteiger partial charge on any atom is 0.460 e. The third kappa shape index (κ3) is 5.00. The third-order valence-corrected chi connectivity index (χ3v) is 5.52. The van der Waals surface area contributed by atoms with Gasteiger partial charge in [0.05, 0.1) is 13.0 Å². The molecule has 2 nitrogen and oxygen atoms in total. The first-order valence-corrected chi connectivity index (χ1v) is 10.6. The fraction of sp³-hybridized carbons (Fsp3) is 0.478. The molecule has 0 fully saturated rings. The van der Waals surface area contributed by atoms with E-state index in [1.54, 1.807) is 6.92 Å². The van der Waals surface area contributed by atoms with Crippen molar-refractivity contribution in [1.29, 1.82) is 0 Å². The number of alkyl halides is 13. The van der Waals surface area contributed by atoms with E-state index in [9.17, 15) is 62.2 Å². The van der Waals surface area contributed by atoms with Crippen LogP contribution in [0.2, 0.25) is 0 Å². The molecule has 1 atom stereocenters. The van der Waals surface area contributed by atoms with Crippen molar-refractivity contribution in [2.45, 2.75) is 61.2 Å². The molecule has 2 aromatic carbocycles. The Balaban J connectivity index is 2.71. The molecule has 0 saturated carbocycles. The molecule has 0 aliphatic rings. The van der Waals surface area contributed by atoms with Crippen LogP contribution >= 0.6 is 0 Å². The highest BCUT2D eigenvalue weighted by Gasteiger charge is 2.90. The molecule has 2 aromatic rings. The number of para-hydroxylation sites is 1. The fourth-order valence-corrected chi connectivity index (χ4v) is 3.45. The SMILES string of the molecule is CCCOc1ccccc1C(O)(CC(F)(F)C(F)(F)C(F)(F)C(F)(F)C(F)(F)C(F)(F)F)c1ccccc1. The van der Waals surface area contributed by atoms with Crippen molar-refractivity contribution in [3.8, 4) is 5.75 Å². The van der Waals surface area contributed by atoms with Gasteiger partial charge in [-0.1, -0.05) is 55.5 Å². The van der Waals surface area contributed by atoms with Gasteiger partial charge in [-0.25, -0.2) is 0 Å². The van der Waals surface area contributed by atoms with Crippen molar-refractivity contribution >= 4 is 0 Å². The average Bonchev–Trinajstić information content (AvgIpc) is 2.82. The standard InChI is InChI=1S/C23H19F13O2/c1-2-12-38-16-11-7-6-10-15(16)17(37,14-8-4-3-5-9-14)13-18(24,25)19(26,27)20(28,29)21(30,31)22(32,33)23(34,35)36/h3-11,37H,2,12-13H2,1H3. The van der Waals surface area contributed by atoms with Gasteiger partial charge in [-0.2, -0.15) is 57.1 Å². The molecule has 0 spiro atoms. The maximum absolute atomic E-state index is 14.9. The first-order valence-electron chi connectivity index (χ1n) is 10.6. The molecule has 0 saturated heterocycles. The van der Waals surface area contributed by atoms with Crippen LogP contribution in [0, 0.1) is 0 Å². The summed E-state index contributed by atoms with van der Waals surface area (Å²) in [6.45, 7) is 1.48. The van der Waals surface area contributed by atoms with Gasteiger partial charge in [-0.3, -0.25) is 0 Å². The second-order valence-corrected chi connectivity index (χ2v) is 8.25. The van der Waals surface area contributed by atoms with Gasteiger partial charge in [0, 0.05) is 5.56 Å². The minimum atomic E-state index is -8.03. The van der Waals surface area contributed by atoms with Crippen molar-refractivity contribution in [3.63, 3.8) is 0 Å². The number of hydrogen-bond donors (Lipinski definition) is 1. The minimum Gasteiger partial charge on any atom is -0.493 e. The number of benzene rings is 2. The summed E-state index contributed by atoms with van der Waals surface area (Å²) >= 11 is 0. The Morgan fingerprint density at radius 1 is 0.632 bits per heavy atom. The van der Waals surface area contributed by atoms with Gasteiger partial charge in [-0.05, 0) is 18.1 Å². The lowest BCUT2D eigenvalue weighted by atomic mass is 9.78. The van der Waals surface area contributed by atoms with Crippen molar-refractivity contribution in [3.05, 3.63) is 65.7 Å². The summed E-state index contributed by atoms with van der Waals surface area (Å²) in [5.74, 6) is -38.3. The van der Waals surface area contributed by atoms with Gasteiger partial charge in [0.15, 0.2) is 0 Å². The van der Waals surface area contributed by atoms with Crippen LogP contribution in [-0.2, 0) is 5.60 Å². The molecule has 1 N–H and O–H groups in total. The number of rotatable bonds is 11. The van der Waals surface area contributed by atoms with E-state index in [0.717, 1.165) is 42.5 Å². The minimum absolute atomic E-state index is 0.120. The Morgan fingerprint density at radius 2 is 1.11 bits per heavy atom. The van der Waals surface area contributed by atoms with Crippen LogP contribution in [0.4, 0.5) is 57.1 Å². The fourth-order valence-electron chi connectivity index (χ4n) is 3.45. The molecular formula is C23H19F13O2. The highest BCUT2D eigenvalue weighted by atomic mass is 19.4.